The smallest absolute Gasteiger partial charge is 0.311 e. The first-order valence-electron chi connectivity index (χ1n) is 35.4. The minimum Gasteiger partial charge on any atom is -0.458 e. The lowest BCUT2D eigenvalue weighted by atomic mass is 9.80. The van der Waals surface area contributed by atoms with Crippen LogP contribution in [0.5, 0.6) is 0 Å². The fraction of sp³-hybridized carbons (Fsp3) is 0.875. The van der Waals surface area contributed by atoms with Crippen molar-refractivity contribution in [2.24, 2.45) is 41.4 Å². The van der Waals surface area contributed by atoms with Gasteiger partial charge < -0.3 is 106 Å². The van der Waals surface area contributed by atoms with E-state index in [-0.39, 0.29) is 76.0 Å². The lowest BCUT2D eigenvalue weighted by Crippen LogP contribution is -2.64. The van der Waals surface area contributed by atoms with Crippen LogP contribution in [0.15, 0.2) is 47.6 Å². The Kier molecular flexibility index (Phi) is 39.0. The van der Waals surface area contributed by atoms with Crippen LogP contribution in [0, 0.1) is 41.4 Å². The summed E-state index contributed by atoms with van der Waals surface area (Å²) in [5.74, 6) is -6.04. The van der Waals surface area contributed by atoms with E-state index in [1.165, 1.54) is 12.2 Å². The molecule has 22 nitrogen and oxygen atoms in total. The van der Waals surface area contributed by atoms with Gasteiger partial charge in [-0.2, -0.15) is 0 Å². The summed E-state index contributed by atoms with van der Waals surface area (Å²) in [7, 11) is 3.41. The Morgan fingerprint density at radius 3 is 1.78 bits per heavy atom. The number of ether oxygens (including phenoxy) is 4. The minimum absolute atomic E-state index is 0.0115. The molecule has 0 aromatic carbocycles. The van der Waals surface area contributed by atoms with Gasteiger partial charge in [0.25, 0.3) is 0 Å². The molecule has 94 heavy (non-hydrogen) atoms. The summed E-state index contributed by atoms with van der Waals surface area (Å²) in [4.78, 5) is 15.4. The van der Waals surface area contributed by atoms with Crippen LogP contribution in [0.4, 0.5) is 0 Å². The number of allylic oxidation sites excluding steroid dienone is 2. The van der Waals surface area contributed by atoms with E-state index in [0.717, 1.165) is 12.8 Å². The normalized spacial score (nSPS) is 42.5. The third kappa shape index (κ3) is 29.4. The molecule has 2 saturated heterocycles. The van der Waals surface area contributed by atoms with Crippen molar-refractivity contribution < 1.29 is 105 Å². The fourth-order valence-corrected chi connectivity index (χ4v) is 13.4. The Labute approximate surface area is 562 Å². The zero-order valence-electron chi connectivity index (χ0n) is 59.1. The highest BCUT2D eigenvalue weighted by molar-refractivity contribution is 5.71. The van der Waals surface area contributed by atoms with Crippen LogP contribution in [0.2, 0.25) is 0 Å². The summed E-state index contributed by atoms with van der Waals surface area (Å²) in [5.41, 5.74) is 1.12. The van der Waals surface area contributed by atoms with Crippen molar-refractivity contribution in [3.05, 3.63) is 47.6 Å². The summed E-state index contributed by atoms with van der Waals surface area (Å²) >= 11 is 0. The second-order valence-corrected chi connectivity index (χ2v) is 29.5. The van der Waals surface area contributed by atoms with E-state index in [2.05, 4.69) is 13.8 Å². The molecule has 0 saturated carbocycles. The van der Waals surface area contributed by atoms with Gasteiger partial charge in [0.1, 0.15) is 12.2 Å². The Balaban J connectivity index is 1.84. The number of cyclic esters (lactones) is 1. The summed E-state index contributed by atoms with van der Waals surface area (Å²) in [6, 6.07) is -0.776. The second-order valence-electron chi connectivity index (χ2n) is 29.5. The van der Waals surface area contributed by atoms with Gasteiger partial charge in [-0.15, -0.1) is 0 Å². The fourth-order valence-electron chi connectivity index (χ4n) is 13.4. The van der Waals surface area contributed by atoms with Gasteiger partial charge in [-0.3, -0.25) is 4.79 Å². The van der Waals surface area contributed by atoms with Crippen molar-refractivity contribution in [3.8, 4) is 0 Å². The summed E-state index contributed by atoms with van der Waals surface area (Å²) in [5, 5.41) is 179. The molecule has 3 heterocycles. The molecule has 16 N–H and O–H groups in total. The predicted octanol–water partition coefficient (Wildman–Crippen LogP) is 5.14. The van der Waals surface area contributed by atoms with Crippen molar-refractivity contribution in [2.45, 2.75) is 345 Å². The van der Waals surface area contributed by atoms with Crippen LogP contribution in [0.25, 0.3) is 0 Å². The van der Waals surface area contributed by atoms with E-state index in [1.807, 2.05) is 13.0 Å². The van der Waals surface area contributed by atoms with Gasteiger partial charge in [-0.05, 0) is 167 Å². The molecular formula is C72H131NO21. The van der Waals surface area contributed by atoms with Crippen LogP contribution in [-0.2, 0) is 23.7 Å². The maximum Gasteiger partial charge on any atom is 0.311 e. The molecule has 0 radical (unpaired) electrons. The Bertz CT molecular complexity index is 2220. The highest BCUT2D eigenvalue weighted by Crippen LogP contribution is 2.42. The zero-order chi connectivity index (χ0) is 70.9. The molecule has 2 bridgehead atoms. The molecule has 3 rings (SSSR count). The molecule has 0 aromatic heterocycles. The number of rotatable bonds is 7. The van der Waals surface area contributed by atoms with Crippen molar-refractivity contribution in [2.75, 3.05) is 14.1 Å². The SMILES string of the molecule is CC1=CC(CCCC(C)C)C(O)CCCC(O)CC(O)CC(O)C(C)CCC(O)C(C)C(O)CCCC(O)CC(O)C=CC(C)OC(=O)CC2(O)OC(CC(O[C@@H]3O[C@H](C)[C@@H](O)[C@H](N(C)C)[C@H]3O)C2C)C(C)C(O)C(C)=CC=CCC(O)C(C)C(O)CCCC(O)CC1O. The van der Waals surface area contributed by atoms with Gasteiger partial charge in [-0.25, -0.2) is 0 Å². The quantitative estimate of drug-likeness (QED) is 0.116. The third-order valence-corrected chi connectivity index (χ3v) is 20.5. The number of fused-ring (bicyclic) bond motifs is 2. The van der Waals surface area contributed by atoms with Crippen molar-refractivity contribution in [1.29, 1.82) is 0 Å². The standard InChI is InChI=1S/C72H131NO21/c1-41(2)20-16-22-51-34-44(5)63(85)37-54(76)25-18-28-58(80)46(7)57(79)26-15-14-21-43(4)68(87)48(9)64-39-65(93-71-70(89)67(73(12)13)69(88)50(11)92-71)49(10)72(90,94-64)40-66(86)91-45(6)31-32-55(77)35-52(74)23-17-27-59(81)47(8)60(82)33-30-42(3)62(84)38-56(78)36-53(75)24-19-29-61(51)83/h14-15,21,31-32,34,41-42,45-65,67-71,74-85,87-90H,16-20,22-30,33,35-40H2,1-13H3/t42?,45?,46?,47?,48?,49?,50-,51?,52?,53?,54?,55?,56?,57?,58?,59?,60?,61?,62?,63?,64?,65?,67+,68?,69-,70-,71+,72?/m1/s1. The number of carbonyl (C=O) groups excluding carboxylic acids is 1. The number of nitrogens with zero attached hydrogens (tertiary/aromatic N) is 1. The van der Waals surface area contributed by atoms with Gasteiger partial charge in [0.2, 0.25) is 0 Å². The largest absolute Gasteiger partial charge is 0.458 e. The molecule has 22 heteroatoms. The van der Waals surface area contributed by atoms with Gasteiger partial charge in [0.05, 0.1) is 116 Å². The van der Waals surface area contributed by atoms with Crippen LogP contribution in [0.1, 0.15) is 211 Å². The topological polar surface area (TPSA) is 381 Å². The van der Waals surface area contributed by atoms with Crippen LogP contribution in [-0.4, -0.2) is 241 Å². The number of carbonyl (C=O) groups is 1. The highest BCUT2D eigenvalue weighted by atomic mass is 16.7. The summed E-state index contributed by atoms with van der Waals surface area (Å²) in [6.07, 6.45) is -4.09. The first-order chi connectivity index (χ1) is 44.0. The molecule has 3 aliphatic rings. The summed E-state index contributed by atoms with van der Waals surface area (Å²) in [6.45, 7) is 19.5. The first-order valence-corrected chi connectivity index (χ1v) is 35.4. The van der Waals surface area contributed by atoms with E-state index in [4.69, 9.17) is 18.9 Å². The number of aliphatic hydroxyl groups is 16. The first kappa shape index (κ1) is 85.9. The molecule has 0 aromatic rings. The lowest BCUT2D eigenvalue weighted by molar-refractivity contribution is -0.351. The van der Waals surface area contributed by atoms with Crippen LogP contribution in [0.3, 0.4) is 0 Å². The van der Waals surface area contributed by atoms with Crippen molar-refractivity contribution in [1.82, 2.24) is 4.90 Å². The molecule has 0 aliphatic carbocycles. The average Bonchev–Trinajstić information content (AvgIpc) is 0.771. The predicted molar refractivity (Wildman–Crippen MR) is 359 cm³/mol. The zero-order valence-corrected chi connectivity index (χ0v) is 59.1. The molecule has 2 fully saturated rings. The maximum absolute atomic E-state index is 13.7. The van der Waals surface area contributed by atoms with E-state index in [0.29, 0.717) is 68.4 Å². The van der Waals surface area contributed by atoms with Crippen LogP contribution < -0.4 is 0 Å². The van der Waals surface area contributed by atoms with Crippen molar-refractivity contribution in [3.63, 3.8) is 0 Å². The Morgan fingerprint density at radius 1 is 0.617 bits per heavy atom. The van der Waals surface area contributed by atoms with Gasteiger partial charge in [0.15, 0.2) is 12.1 Å². The highest BCUT2D eigenvalue weighted by Gasteiger charge is 2.53. The number of hydrogen-bond acceptors (Lipinski definition) is 22. The number of likely N-dealkylation sites (N-methyl/N-ethyl adjacent to an activating group) is 1. The van der Waals surface area contributed by atoms with Crippen LogP contribution >= 0.6 is 0 Å². The maximum atomic E-state index is 13.7. The Hall–Kier alpha value is -2.37. The summed E-state index contributed by atoms with van der Waals surface area (Å²) < 4.78 is 24.5. The second kappa shape index (κ2) is 42.7. The minimum atomic E-state index is -2.25. The third-order valence-electron chi connectivity index (χ3n) is 20.5. The van der Waals surface area contributed by atoms with E-state index in [1.54, 1.807) is 92.6 Å². The molecule has 28 atom stereocenters. The number of esters is 1. The number of hydrogen-bond donors (Lipinski definition) is 16. The Morgan fingerprint density at radius 2 is 1.18 bits per heavy atom. The van der Waals surface area contributed by atoms with Gasteiger partial charge in [-0.1, -0.05) is 91.7 Å². The molecular weight excluding hydrogens is 1210 g/mol. The molecule has 3 aliphatic heterocycles. The number of aliphatic hydroxyl groups excluding tert-OH is 15. The molecule has 550 valence electrons. The lowest BCUT2D eigenvalue weighted by Gasteiger charge is -2.50. The van der Waals surface area contributed by atoms with Gasteiger partial charge >= 0.3 is 5.97 Å². The molecule has 0 amide bonds. The van der Waals surface area contributed by atoms with Crippen molar-refractivity contribution >= 4 is 5.97 Å². The van der Waals surface area contributed by atoms with Gasteiger partial charge in [0, 0.05) is 48.9 Å². The monoisotopic (exact) mass is 1350 g/mol. The van der Waals surface area contributed by atoms with E-state index >= 15 is 0 Å². The molecule has 23 unspecified atom stereocenters. The van der Waals surface area contributed by atoms with E-state index < -0.39 is 170 Å². The molecule has 0 spiro atoms. The van der Waals surface area contributed by atoms with E-state index in [9.17, 15) is 86.5 Å². The average molecular weight is 1350 g/mol.